The Hall–Kier alpha value is -1.39. The minimum atomic E-state index is 0.663. The molecule has 0 atom stereocenters. The van der Waals surface area contributed by atoms with Gasteiger partial charge < -0.3 is 10.2 Å². The van der Waals surface area contributed by atoms with Crippen LogP contribution in [0.25, 0.3) is 11.3 Å². The lowest BCUT2D eigenvalue weighted by molar-refractivity contribution is 0.555. The number of aromatic nitrogens is 1. The van der Waals surface area contributed by atoms with E-state index in [4.69, 9.17) is 4.98 Å². The molecule has 0 bridgehead atoms. The molecule has 0 unspecified atom stereocenters. The average Bonchev–Trinajstić information content (AvgIpc) is 2.84. The van der Waals surface area contributed by atoms with Crippen molar-refractivity contribution in [1.82, 2.24) is 10.3 Å². The monoisotopic (exact) mass is 289 g/mol. The molecule has 108 valence electrons. The standard InChI is InChI=1S/C16H23N3S/c1-12(2)10-17-11-14-15(13-8-6-5-7-9-13)18-16(20-14)19(3)4/h5-9,12,17H,10-11H2,1-4H3. The summed E-state index contributed by atoms with van der Waals surface area (Å²) in [4.78, 5) is 8.16. The Labute approximate surface area is 125 Å². The minimum Gasteiger partial charge on any atom is -0.354 e. The number of nitrogens with zero attached hydrogens (tertiary/aromatic N) is 2. The molecular formula is C16H23N3S. The first-order valence-corrected chi connectivity index (χ1v) is 7.82. The molecule has 0 fully saturated rings. The zero-order valence-corrected chi connectivity index (χ0v) is 13.5. The van der Waals surface area contributed by atoms with E-state index in [1.165, 1.54) is 10.4 Å². The van der Waals surface area contributed by atoms with E-state index in [2.05, 4.69) is 48.3 Å². The smallest absolute Gasteiger partial charge is 0.185 e. The van der Waals surface area contributed by atoms with Gasteiger partial charge in [0.15, 0.2) is 5.13 Å². The van der Waals surface area contributed by atoms with E-state index in [0.29, 0.717) is 5.92 Å². The van der Waals surface area contributed by atoms with Gasteiger partial charge in [-0.1, -0.05) is 55.5 Å². The molecule has 0 radical (unpaired) electrons. The zero-order valence-electron chi connectivity index (χ0n) is 12.7. The summed E-state index contributed by atoms with van der Waals surface area (Å²) in [5, 5.41) is 4.58. The maximum Gasteiger partial charge on any atom is 0.185 e. The van der Waals surface area contributed by atoms with E-state index in [1.807, 2.05) is 20.2 Å². The van der Waals surface area contributed by atoms with Crippen molar-refractivity contribution in [3.63, 3.8) is 0 Å². The van der Waals surface area contributed by atoms with Crippen LogP contribution < -0.4 is 10.2 Å². The Morgan fingerprint density at radius 2 is 1.90 bits per heavy atom. The molecule has 2 rings (SSSR count). The van der Waals surface area contributed by atoms with E-state index < -0.39 is 0 Å². The SMILES string of the molecule is CC(C)CNCc1sc(N(C)C)nc1-c1ccccc1. The quantitative estimate of drug-likeness (QED) is 0.880. The lowest BCUT2D eigenvalue weighted by atomic mass is 10.1. The summed E-state index contributed by atoms with van der Waals surface area (Å²) in [5.74, 6) is 0.663. The summed E-state index contributed by atoms with van der Waals surface area (Å²) in [5.41, 5.74) is 2.30. The first kappa shape index (κ1) is 15.0. The molecule has 0 aliphatic heterocycles. The number of rotatable bonds is 6. The van der Waals surface area contributed by atoms with Gasteiger partial charge in [-0.3, -0.25) is 0 Å². The van der Waals surface area contributed by atoms with Crippen LogP contribution in [0.3, 0.4) is 0 Å². The van der Waals surface area contributed by atoms with Gasteiger partial charge in [-0.05, 0) is 12.5 Å². The molecule has 1 aromatic carbocycles. The maximum atomic E-state index is 4.78. The minimum absolute atomic E-state index is 0.663. The molecule has 0 aliphatic rings. The molecule has 0 saturated heterocycles. The molecule has 2 aromatic rings. The molecule has 0 amide bonds. The molecule has 4 heteroatoms. The van der Waals surface area contributed by atoms with Crippen molar-refractivity contribution in [3.05, 3.63) is 35.2 Å². The van der Waals surface area contributed by atoms with Crippen molar-refractivity contribution < 1.29 is 0 Å². The Kier molecular flexibility index (Phi) is 5.15. The fourth-order valence-corrected chi connectivity index (χ4v) is 2.92. The lowest BCUT2D eigenvalue weighted by Gasteiger charge is -2.07. The highest BCUT2D eigenvalue weighted by Crippen LogP contribution is 2.32. The van der Waals surface area contributed by atoms with Gasteiger partial charge in [-0.25, -0.2) is 4.98 Å². The van der Waals surface area contributed by atoms with Crippen LogP contribution in [0, 0.1) is 5.92 Å². The van der Waals surface area contributed by atoms with Crippen molar-refractivity contribution in [2.75, 3.05) is 25.5 Å². The Morgan fingerprint density at radius 1 is 1.20 bits per heavy atom. The molecule has 1 N–H and O–H groups in total. The largest absolute Gasteiger partial charge is 0.354 e. The predicted molar refractivity (Wildman–Crippen MR) is 88.4 cm³/mol. The summed E-state index contributed by atoms with van der Waals surface area (Å²) in [7, 11) is 4.08. The van der Waals surface area contributed by atoms with E-state index in [0.717, 1.165) is 23.9 Å². The molecule has 1 aromatic heterocycles. The third kappa shape index (κ3) is 3.81. The van der Waals surface area contributed by atoms with Gasteiger partial charge in [-0.2, -0.15) is 0 Å². The summed E-state index contributed by atoms with van der Waals surface area (Å²) in [6.45, 7) is 6.36. The molecular weight excluding hydrogens is 266 g/mol. The van der Waals surface area contributed by atoms with Gasteiger partial charge in [0.25, 0.3) is 0 Å². The van der Waals surface area contributed by atoms with Crippen molar-refractivity contribution >= 4 is 16.5 Å². The number of nitrogens with one attached hydrogen (secondary N) is 1. The highest BCUT2D eigenvalue weighted by molar-refractivity contribution is 7.16. The Balaban J connectivity index is 2.24. The summed E-state index contributed by atoms with van der Waals surface area (Å²) >= 11 is 1.77. The van der Waals surface area contributed by atoms with Crippen LogP contribution in [0.4, 0.5) is 5.13 Å². The van der Waals surface area contributed by atoms with Crippen LogP contribution in [0.2, 0.25) is 0 Å². The van der Waals surface area contributed by atoms with Crippen molar-refractivity contribution in [2.45, 2.75) is 20.4 Å². The van der Waals surface area contributed by atoms with Gasteiger partial charge in [0, 0.05) is 31.1 Å². The molecule has 20 heavy (non-hydrogen) atoms. The van der Waals surface area contributed by atoms with Crippen molar-refractivity contribution in [3.8, 4) is 11.3 Å². The van der Waals surface area contributed by atoms with Crippen molar-refractivity contribution in [2.24, 2.45) is 5.92 Å². The molecule has 3 nitrogen and oxygen atoms in total. The second-order valence-electron chi connectivity index (χ2n) is 5.55. The van der Waals surface area contributed by atoms with Crippen LogP contribution >= 0.6 is 11.3 Å². The van der Waals surface area contributed by atoms with E-state index in [1.54, 1.807) is 11.3 Å². The predicted octanol–water partition coefficient (Wildman–Crippen LogP) is 3.62. The molecule has 0 saturated carbocycles. The second-order valence-corrected chi connectivity index (χ2v) is 6.62. The van der Waals surface area contributed by atoms with Gasteiger partial charge >= 0.3 is 0 Å². The topological polar surface area (TPSA) is 28.2 Å². The summed E-state index contributed by atoms with van der Waals surface area (Å²) < 4.78 is 0. The van der Waals surface area contributed by atoms with E-state index >= 15 is 0 Å². The number of hydrogen-bond acceptors (Lipinski definition) is 4. The van der Waals surface area contributed by atoms with E-state index in [-0.39, 0.29) is 0 Å². The summed E-state index contributed by atoms with van der Waals surface area (Å²) in [6, 6.07) is 10.4. The van der Waals surface area contributed by atoms with Crippen LogP contribution in [0.5, 0.6) is 0 Å². The van der Waals surface area contributed by atoms with Crippen LogP contribution in [0.15, 0.2) is 30.3 Å². The van der Waals surface area contributed by atoms with Gasteiger partial charge in [0.1, 0.15) is 0 Å². The third-order valence-corrected chi connectivity index (χ3v) is 4.18. The number of thiazole rings is 1. The number of anilines is 1. The van der Waals surface area contributed by atoms with Gasteiger partial charge in [0.2, 0.25) is 0 Å². The average molecular weight is 289 g/mol. The maximum absolute atomic E-state index is 4.78. The van der Waals surface area contributed by atoms with Crippen LogP contribution in [-0.4, -0.2) is 25.6 Å². The van der Waals surface area contributed by atoms with Crippen molar-refractivity contribution in [1.29, 1.82) is 0 Å². The first-order valence-electron chi connectivity index (χ1n) is 7.01. The number of hydrogen-bond donors (Lipinski definition) is 1. The van der Waals surface area contributed by atoms with Crippen LogP contribution in [-0.2, 0) is 6.54 Å². The van der Waals surface area contributed by atoms with Gasteiger partial charge in [0.05, 0.1) is 5.69 Å². The molecule has 1 heterocycles. The fraction of sp³-hybridized carbons (Fsp3) is 0.438. The molecule has 0 spiro atoms. The zero-order chi connectivity index (χ0) is 14.5. The fourth-order valence-electron chi connectivity index (χ4n) is 1.95. The number of benzene rings is 1. The normalized spacial score (nSPS) is 11.1. The van der Waals surface area contributed by atoms with Crippen LogP contribution in [0.1, 0.15) is 18.7 Å². The highest BCUT2D eigenvalue weighted by atomic mass is 32.1. The van der Waals surface area contributed by atoms with E-state index in [9.17, 15) is 0 Å². The Bertz CT molecular complexity index is 532. The highest BCUT2D eigenvalue weighted by Gasteiger charge is 2.13. The van der Waals surface area contributed by atoms with Gasteiger partial charge in [-0.15, -0.1) is 0 Å². The summed E-state index contributed by atoms with van der Waals surface area (Å²) in [6.07, 6.45) is 0. The third-order valence-electron chi connectivity index (χ3n) is 2.95. The molecule has 0 aliphatic carbocycles. The first-order chi connectivity index (χ1) is 9.58. The second kappa shape index (κ2) is 6.86. The Morgan fingerprint density at radius 3 is 2.50 bits per heavy atom. The lowest BCUT2D eigenvalue weighted by Crippen LogP contribution is -2.18.